The number of aromatic nitrogens is 2. The summed E-state index contributed by atoms with van der Waals surface area (Å²) in [4.78, 5) is 8.58. The van der Waals surface area contributed by atoms with Crippen LogP contribution in [0, 0.1) is 0 Å². The van der Waals surface area contributed by atoms with Crippen LogP contribution < -0.4 is 10.4 Å². The van der Waals surface area contributed by atoms with Crippen LogP contribution in [0.4, 0.5) is 0 Å². The topological polar surface area (TPSA) is 25.8 Å². The summed E-state index contributed by atoms with van der Waals surface area (Å²) < 4.78 is 0. The van der Waals surface area contributed by atoms with Crippen molar-refractivity contribution in [3.05, 3.63) is 49.1 Å². The van der Waals surface area contributed by atoms with Crippen molar-refractivity contribution in [2.75, 3.05) is 0 Å². The van der Waals surface area contributed by atoms with Crippen LogP contribution in [0.2, 0.25) is 38.3 Å². The second-order valence-corrected chi connectivity index (χ2v) is 16.4. The summed E-state index contributed by atoms with van der Waals surface area (Å²) in [5, 5.41) is 2.94. The van der Waals surface area contributed by atoms with E-state index >= 15 is 0 Å². The fourth-order valence-corrected chi connectivity index (χ4v) is 9.96. The lowest BCUT2D eigenvalue weighted by atomic mass is 10.5. The van der Waals surface area contributed by atoms with E-state index in [-0.39, 0.29) is 0 Å². The van der Waals surface area contributed by atoms with E-state index in [0.717, 1.165) is 0 Å². The fourth-order valence-electron chi connectivity index (χ4n) is 2.44. The van der Waals surface area contributed by atoms with Crippen LogP contribution in [-0.2, 0) is 0 Å². The first-order chi connectivity index (χ1) is 9.42. The molecule has 106 valence electrons. The third kappa shape index (κ3) is 3.64. The molecule has 0 aliphatic carbocycles. The summed E-state index contributed by atoms with van der Waals surface area (Å²) in [6, 6.07) is 11.3. The molecule has 20 heavy (non-hydrogen) atoms. The van der Waals surface area contributed by atoms with Gasteiger partial charge in [0.15, 0.2) is 0 Å². The third-order valence-electron chi connectivity index (χ3n) is 4.26. The average Bonchev–Trinajstić information content (AvgIpc) is 2.47. The van der Waals surface area contributed by atoms with Gasteiger partial charge in [-0.15, -0.1) is 0 Å². The average molecular weight is 301 g/mol. The van der Waals surface area contributed by atoms with Crippen LogP contribution in [0.3, 0.4) is 0 Å². The summed E-state index contributed by atoms with van der Waals surface area (Å²) in [5.41, 5.74) is 0. The maximum Gasteiger partial charge on any atom is 0.0823 e. The molecule has 4 heteroatoms. The lowest BCUT2D eigenvalue weighted by Crippen LogP contribution is -2.47. The van der Waals surface area contributed by atoms with Gasteiger partial charge in [0.25, 0.3) is 0 Å². The first-order valence-corrected chi connectivity index (χ1v) is 13.6. The Balaban J connectivity index is 2.08. The molecule has 2 rings (SSSR count). The maximum atomic E-state index is 4.29. The number of hydrogen-bond donors (Lipinski definition) is 0. The molecule has 0 bridgehead atoms. The second kappa shape index (κ2) is 6.01. The van der Waals surface area contributed by atoms with Gasteiger partial charge in [0.05, 0.1) is 16.1 Å². The van der Waals surface area contributed by atoms with E-state index in [0.29, 0.717) is 0 Å². The molecule has 0 N–H and O–H groups in total. The standard InChI is InChI=1S/C16H24N2Si2/c1-19(2,15-7-5-9-17-13-15)11-12-20(3,4)16-8-6-10-18-14-16/h5-10,13-14H,11-12H2,1-4H3. The molecule has 0 radical (unpaired) electrons. The van der Waals surface area contributed by atoms with Crippen molar-refractivity contribution >= 4 is 26.5 Å². The van der Waals surface area contributed by atoms with Gasteiger partial charge in [-0.1, -0.05) is 50.4 Å². The lowest BCUT2D eigenvalue weighted by molar-refractivity contribution is 1.27. The van der Waals surface area contributed by atoms with Crippen LogP contribution in [0.1, 0.15) is 0 Å². The van der Waals surface area contributed by atoms with E-state index in [4.69, 9.17) is 0 Å². The smallest absolute Gasteiger partial charge is 0.0823 e. The van der Waals surface area contributed by atoms with Gasteiger partial charge in [0.2, 0.25) is 0 Å². The Bertz CT molecular complexity index is 487. The van der Waals surface area contributed by atoms with Gasteiger partial charge in [0.1, 0.15) is 0 Å². The summed E-state index contributed by atoms with van der Waals surface area (Å²) in [6.07, 6.45) is 7.85. The van der Waals surface area contributed by atoms with Crippen LogP contribution in [0.15, 0.2) is 49.1 Å². The zero-order valence-corrected chi connectivity index (χ0v) is 14.9. The Morgan fingerprint density at radius 1 is 0.750 bits per heavy atom. The minimum Gasteiger partial charge on any atom is -0.265 e. The molecule has 0 atom stereocenters. The van der Waals surface area contributed by atoms with Crippen molar-refractivity contribution in [3.63, 3.8) is 0 Å². The summed E-state index contributed by atoms with van der Waals surface area (Å²) in [6.45, 7) is 9.82. The Kier molecular flexibility index (Phi) is 4.55. The molecular formula is C16H24N2Si2. The normalized spacial score (nSPS) is 12.4. The van der Waals surface area contributed by atoms with Crippen LogP contribution in [0.25, 0.3) is 0 Å². The van der Waals surface area contributed by atoms with Crippen LogP contribution in [-0.4, -0.2) is 26.1 Å². The summed E-state index contributed by atoms with van der Waals surface area (Å²) in [5.74, 6) is 0. The fraction of sp³-hybridized carbons (Fsp3) is 0.375. The Morgan fingerprint density at radius 2 is 1.15 bits per heavy atom. The molecule has 2 aromatic rings. The summed E-state index contributed by atoms with van der Waals surface area (Å²) >= 11 is 0. The molecule has 0 unspecified atom stereocenters. The molecule has 0 amide bonds. The molecule has 2 aromatic heterocycles. The number of pyridine rings is 2. The Hall–Kier alpha value is -1.27. The molecular weight excluding hydrogens is 276 g/mol. The highest BCUT2D eigenvalue weighted by Gasteiger charge is 2.30. The minimum absolute atomic E-state index is 1.33. The van der Waals surface area contributed by atoms with E-state index < -0.39 is 16.1 Å². The third-order valence-corrected chi connectivity index (χ3v) is 11.5. The Labute approximate surface area is 124 Å². The van der Waals surface area contributed by atoms with E-state index in [2.05, 4.69) is 72.8 Å². The van der Waals surface area contributed by atoms with Crippen molar-refractivity contribution in [2.45, 2.75) is 38.3 Å². The number of nitrogens with zero attached hydrogens (tertiary/aromatic N) is 2. The van der Waals surface area contributed by atoms with Crippen molar-refractivity contribution in [1.29, 1.82) is 0 Å². The van der Waals surface area contributed by atoms with E-state index in [9.17, 15) is 0 Å². The SMILES string of the molecule is C[Si](C)(CC[Si](C)(C)c1cccnc1)c1cccnc1. The highest BCUT2D eigenvalue weighted by Crippen LogP contribution is 2.20. The van der Waals surface area contributed by atoms with Crippen molar-refractivity contribution in [1.82, 2.24) is 9.97 Å². The number of hydrogen-bond acceptors (Lipinski definition) is 2. The predicted molar refractivity (Wildman–Crippen MR) is 92.3 cm³/mol. The zero-order chi connectivity index (χ0) is 14.6. The maximum absolute atomic E-state index is 4.29. The summed E-state index contributed by atoms with van der Waals surface area (Å²) in [7, 11) is -2.74. The van der Waals surface area contributed by atoms with E-state index in [1.807, 2.05) is 12.4 Å². The molecule has 0 spiro atoms. The molecule has 0 saturated heterocycles. The van der Waals surface area contributed by atoms with Gasteiger partial charge in [-0.2, -0.15) is 0 Å². The minimum atomic E-state index is -1.37. The van der Waals surface area contributed by atoms with Gasteiger partial charge in [-0.05, 0) is 22.5 Å². The van der Waals surface area contributed by atoms with Gasteiger partial charge < -0.3 is 0 Å². The predicted octanol–water partition coefficient (Wildman–Crippen LogP) is 3.01. The first-order valence-electron chi connectivity index (χ1n) is 7.23. The van der Waals surface area contributed by atoms with Gasteiger partial charge in [0, 0.05) is 24.8 Å². The van der Waals surface area contributed by atoms with Crippen molar-refractivity contribution < 1.29 is 0 Å². The molecule has 2 heterocycles. The molecule has 0 saturated carbocycles. The molecule has 0 aromatic carbocycles. The highest BCUT2D eigenvalue weighted by molar-refractivity contribution is 6.94. The highest BCUT2D eigenvalue weighted by atomic mass is 28.3. The van der Waals surface area contributed by atoms with Gasteiger partial charge >= 0.3 is 0 Å². The molecule has 0 fully saturated rings. The second-order valence-electron chi connectivity index (χ2n) is 6.75. The lowest BCUT2D eigenvalue weighted by Gasteiger charge is -2.29. The van der Waals surface area contributed by atoms with Crippen LogP contribution in [0.5, 0.6) is 0 Å². The quantitative estimate of drug-likeness (QED) is 0.793. The van der Waals surface area contributed by atoms with Crippen LogP contribution >= 0.6 is 0 Å². The number of rotatable bonds is 5. The largest absolute Gasteiger partial charge is 0.265 e. The molecule has 0 aliphatic rings. The van der Waals surface area contributed by atoms with E-state index in [1.165, 1.54) is 22.5 Å². The molecule has 2 nitrogen and oxygen atoms in total. The Morgan fingerprint density at radius 3 is 1.45 bits per heavy atom. The van der Waals surface area contributed by atoms with E-state index in [1.54, 1.807) is 0 Å². The first kappa shape index (κ1) is 15.1. The van der Waals surface area contributed by atoms with Crippen molar-refractivity contribution in [3.8, 4) is 0 Å². The zero-order valence-electron chi connectivity index (χ0n) is 12.9. The molecule has 0 aliphatic heterocycles. The van der Waals surface area contributed by atoms with Crippen molar-refractivity contribution in [2.24, 2.45) is 0 Å². The van der Waals surface area contributed by atoms with Gasteiger partial charge in [-0.3, -0.25) is 9.97 Å². The van der Waals surface area contributed by atoms with Gasteiger partial charge in [-0.25, -0.2) is 0 Å². The monoisotopic (exact) mass is 300 g/mol.